The fraction of sp³-hybridized carbons (Fsp3) is 0.391. The number of benzene rings is 2. The second kappa shape index (κ2) is 11.5. The van der Waals surface area contributed by atoms with Crippen molar-refractivity contribution in [3.8, 4) is 11.5 Å². The highest BCUT2D eigenvalue weighted by Gasteiger charge is 2.32. The lowest BCUT2D eigenvalue weighted by atomic mass is 10.0. The molecule has 0 saturated carbocycles. The van der Waals surface area contributed by atoms with Gasteiger partial charge in [0.05, 0.1) is 12.3 Å². The number of rotatable bonds is 10. The molecule has 0 aromatic heterocycles. The van der Waals surface area contributed by atoms with Crippen LogP contribution in [0.25, 0.3) is 0 Å². The highest BCUT2D eigenvalue weighted by molar-refractivity contribution is 7.92. The molecule has 198 valence electrons. The molecule has 2 aromatic carbocycles. The van der Waals surface area contributed by atoms with Crippen molar-refractivity contribution in [3.05, 3.63) is 42.0 Å². The molecule has 2 amide bonds. The Bertz CT molecular complexity index is 1220. The van der Waals surface area contributed by atoms with Gasteiger partial charge in [0.1, 0.15) is 22.4 Å². The lowest BCUT2D eigenvalue weighted by Gasteiger charge is -2.21. The standard InChI is InChI=1S/C23H28F3N3O6S/c1-6-34-19-11-16(28-22(31)21(13(2)3)27-15(5)30)9-10-20(19)36(32,33)29-17-8-7-14(4)18(12-17)35-23(24,25)26/h7-13,21,29H,6H2,1-5H3,(H,27,30)(H,28,31)/t21-/m0/s1. The van der Waals surface area contributed by atoms with Crippen LogP contribution in [0.1, 0.15) is 33.3 Å². The fourth-order valence-corrected chi connectivity index (χ4v) is 4.34. The maximum Gasteiger partial charge on any atom is 0.573 e. The van der Waals surface area contributed by atoms with Crippen molar-refractivity contribution in [2.45, 2.75) is 51.9 Å². The van der Waals surface area contributed by atoms with E-state index in [1.54, 1.807) is 20.8 Å². The third-order valence-electron chi connectivity index (χ3n) is 4.77. The van der Waals surface area contributed by atoms with E-state index in [1.807, 2.05) is 0 Å². The van der Waals surface area contributed by atoms with Gasteiger partial charge in [-0.3, -0.25) is 14.3 Å². The van der Waals surface area contributed by atoms with Gasteiger partial charge in [-0.25, -0.2) is 8.42 Å². The predicted molar refractivity (Wildman–Crippen MR) is 127 cm³/mol. The minimum Gasteiger partial charge on any atom is -0.492 e. The molecular formula is C23H28F3N3O6S. The average molecular weight is 532 g/mol. The topological polar surface area (TPSA) is 123 Å². The van der Waals surface area contributed by atoms with Crippen LogP contribution in [-0.2, 0) is 19.6 Å². The van der Waals surface area contributed by atoms with Crippen molar-refractivity contribution in [2.75, 3.05) is 16.6 Å². The Morgan fingerprint density at radius 3 is 2.19 bits per heavy atom. The average Bonchev–Trinajstić information content (AvgIpc) is 2.73. The first-order valence-electron chi connectivity index (χ1n) is 10.9. The summed E-state index contributed by atoms with van der Waals surface area (Å²) in [6, 6.07) is 6.48. The molecule has 0 aliphatic heterocycles. The Morgan fingerprint density at radius 1 is 1.03 bits per heavy atom. The van der Waals surface area contributed by atoms with Crippen molar-refractivity contribution < 1.29 is 40.7 Å². The summed E-state index contributed by atoms with van der Waals surface area (Å²) in [5.74, 6) is -1.75. The number of nitrogens with one attached hydrogen (secondary N) is 3. The van der Waals surface area contributed by atoms with Crippen LogP contribution in [0.3, 0.4) is 0 Å². The molecule has 0 aliphatic rings. The summed E-state index contributed by atoms with van der Waals surface area (Å²) in [7, 11) is -4.31. The first-order valence-corrected chi connectivity index (χ1v) is 12.3. The van der Waals surface area contributed by atoms with Crippen molar-refractivity contribution in [1.29, 1.82) is 0 Å². The summed E-state index contributed by atoms with van der Waals surface area (Å²) in [6.45, 7) is 7.90. The number of sulfonamides is 1. The maximum atomic E-state index is 13.0. The molecule has 3 N–H and O–H groups in total. The van der Waals surface area contributed by atoms with Crippen molar-refractivity contribution in [1.82, 2.24) is 5.32 Å². The zero-order valence-corrected chi connectivity index (χ0v) is 21.1. The largest absolute Gasteiger partial charge is 0.573 e. The maximum absolute atomic E-state index is 13.0. The van der Waals surface area contributed by atoms with Gasteiger partial charge in [0.25, 0.3) is 10.0 Å². The minimum atomic E-state index is -4.95. The number of carbonyl (C=O) groups is 2. The molecule has 36 heavy (non-hydrogen) atoms. The summed E-state index contributed by atoms with van der Waals surface area (Å²) >= 11 is 0. The number of hydrogen-bond donors (Lipinski definition) is 3. The molecule has 2 aromatic rings. The number of ether oxygens (including phenoxy) is 2. The van der Waals surface area contributed by atoms with Gasteiger partial charge in [-0.15, -0.1) is 13.2 Å². The van der Waals surface area contributed by atoms with Gasteiger partial charge in [0.2, 0.25) is 11.8 Å². The smallest absolute Gasteiger partial charge is 0.492 e. The van der Waals surface area contributed by atoms with E-state index in [2.05, 4.69) is 20.1 Å². The zero-order chi connectivity index (χ0) is 27.3. The molecule has 13 heteroatoms. The minimum absolute atomic E-state index is 0.0918. The molecule has 1 atom stereocenters. The first kappa shape index (κ1) is 28.8. The normalized spacial score (nSPS) is 12.6. The number of anilines is 2. The van der Waals surface area contributed by atoms with E-state index in [4.69, 9.17) is 4.74 Å². The first-order chi connectivity index (χ1) is 16.6. The molecule has 9 nitrogen and oxygen atoms in total. The van der Waals surface area contributed by atoms with Crippen LogP contribution in [0.4, 0.5) is 24.5 Å². The van der Waals surface area contributed by atoms with Crippen molar-refractivity contribution >= 4 is 33.2 Å². The highest BCUT2D eigenvalue weighted by atomic mass is 32.2. The van der Waals surface area contributed by atoms with Crippen LogP contribution in [-0.4, -0.2) is 39.2 Å². The molecule has 0 aliphatic carbocycles. The number of aryl methyl sites for hydroxylation is 1. The zero-order valence-electron chi connectivity index (χ0n) is 20.3. The number of amides is 2. The Labute approximate surface area is 207 Å². The van der Waals surface area contributed by atoms with Gasteiger partial charge in [-0.1, -0.05) is 19.9 Å². The molecule has 0 unspecified atom stereocenters. The van der Waals surface area contributed by atoms with E-state index in [0.717, 1.165) is 6.07 Å². The predicted octanol–water partition coefficient (Wildman–Crippen LogP) is 4.19. The van der Waals surface area contributed by atoms with E-state index in [9.17, 15) is 31.2 Å². The number of alkyl halides is 3. The molecule has 2 rings (SSSR count). The van der Waals surface area contributed by atoms with E-state index in [-0.39, 0.29) is 46.0 Å². The van der Waals surface area contributed by atoms with Crippen LogP contribution in [0.15, 0.2) is 41.3 Å². The van der Waals surface area contributed by atoms with Crippen molar-refractivity contribution in [3.63, 3.8) is 0 Å². The summed E-state index contributed by atoms with van der Waals surface area (Å²) in [6.07, 6.45) is -4.95. The van der Waals surface area contributed by atoms with Gasteiger partial charge in [-0.05, 0) is 43.5 Å². The van der Waals surface area contributed by atoms with Crippen LogP contribution >= 0.6 is 0 Å². The molecule has 0 heterocycles. The Hall–Kier alpha value is -3.48. The number of halogens is 3. The summed E-state index contributed by atoms with van der Waals surface area (Å²) < 4.78 is 75.6. The molecule has 0 radical (unpaired) electrons. The molecule has 0 fully saturated rings. The number of carbonyl (C=O) groups excluding carboxylic acids is 2. The number of hydrogen-bond acceptors (Lipinski definition) is 6. The molecule has 0 bridgehead atoms. The van der Waals surface area contributed by atoms with Crippen LogP contribution in [0.5, 0.6) is 11.5 Å². The van der Waals surface area contributed by atoms with Crippen LogP contribution < -0.4 is 24.8 Å². The quantitative estimate of drug-likeness (QED) is 0.423. The molecular weight excluding hydrogens is 503 g/mol. The lowest BCUT2D eigenvalue weighted by molar-refractivity contribution is -0.274. The monoisotopic (exact) mass is 531 g/mol. The fourth-order valence-electron chi connectivity index (χ4n) is 3.16. The Balaban J connectivity index is 2.34. The Kier molecular flexibility index (Phi) is 9.19. The van der Waals surface area contributed by atoms with Crippen LogP contribution in [0.2, 0.25) is 0 Å². The second-order valence-corrected chi connectivity index (χ2v) is 9.79. The lowest BCUT2D eigenvalue weighted by Crippen LogP contribution is -2.46. The summed E-state index contributed by atoms with van der Waals surface area (Å²) in [4.78, 5) is 23.8. The summed E-state index contributed by atoms with van der Waals surface area (Å²) in [5, 5.41) is 5.18. The van der Waals surface area contributed by atoms with Gasteiger partial charge in [0, 0.05) is 24.7 Å². The van der Waals surface area contributed by atoms with Gasteiger partial charge in [-0.2, -0.15) is 0 Å². The SMILES string of the molecule is CCOc1cc(NC(=O)[C@@H](NC(C)=O)C(C)C)ccc1S(=O)(=O)Nc1ccc(C)c(OC(F)(F)F)c1. The summed E-state index contributed by atoms with van der Waals surface area (Å²) in [5.41, 5.74) is 0.216. The molecule has 0 saturated heterocycles. The molecule has 0 spiro atoms. The Morgan fingerprint density at radius 2 is 1.64 bits per heavy atom. The third kappa shape index (κ3) is 8.04. The van der Waals surface area contributed by atoms with Gasteiger partial charge in [0.15, 0.2) is 0 Å². The van der Waals surface area contributed by atoms with Gasteiger partial charge >= 0.3 is 6.36 Å². The van der Waals surface area contributed by atoms with E-state index < -0.39 is 34.1 Å². The van der Waals surface area contributed by atoms with Crippen LogP contribution in [0, 0.1) is 12.8 Å². The van der Waals surface area contributed by atoms with E-state index in [0.29, 0.717) is 0 Å². The van der Waals surface area contributed by atoms with E-state index >= 15 is 0 Å². The van der Waals surface area contributed by atoms with E-state index in [1.165, 1.54) is 44.2 Å². The highest BCUT2D eigenvalue weighted by Crippen LogP contribution is 2.32. The second-order valence-electron chi connectivity index (χ2n) is 8.14. The van der Waals surface area contributed by atoms with Crippen molar-refractivity contribution in [2.24, 2.45) is 5.92 Å². The third-order valence-corrected chi connectivity index (χ3v) is 6.20. The van der Waals surface area contributed by atoms with Gasteiger partial charge < -0.3 is 20.1 Å².